The van der Waals surface area contributed by atoms with Crippen LogP contribution < -0.4 is 0 Å². The third-order valence-corrected chi connectivity index (χ3v) is 2.55. The normalized spacial score (nSPS) is 11.9. The Bertz CT molecular complexity index is 477. The van der Waals surface area contributed by atoms with Gasteiger partial charge in [0.2, 0.25) is 0 Å². The smallest absolute Gasteiger partial charge is 0.338 e. The number of nitro benzene ring substituents is 1. The zero-order valence-corrected chi connectivity index (χ0v) is 11.3. The predicted molar refractivity (Wildman–Crippen MR) is 69.5 cm³/mol. The maximum Gasteiger partial charge on any atom is 0.338 e. The molecule has 0 bridgehead atoms. The molecule has 0 aliphatic carbocycles. The van der Waals surface area contributed by atoms with Gasteiger partial charge in [-0.3, -0.25) is 10.1 Å². The van der Waals surface area contributed by atoms with E-state index < -0.39 is 17.0 Å². The van der Waals surface area contributed by atoms with Crippen molar-refractivity contribution in [3.8, 4) is 0 Å². The first-order valence-electron chi connectivity index (χ1n) is 5.68. The number of hydrogen-bond acceptors (Lipinski definition) is 5. The van der Waals surface area contributed by atoms with Crippen molar-refractivity contribution in [2.75, 3.05) is 13.2 Å². The third-order valence-electron chi connectivity index (χ3n) is 2.24. The van der Waals surface area contributed by atoms with Gasteiger partial charge >= 0.3 is 5.97 Å². The van der Waals surface area contributed by atoms with Gasteiger partial charge in [-0.15, -0.1) is 0 Å². The summed E-state index contributed by atoms with van der Waals surface area (Å²) in [5.74, 6) is -0.594. The summed E-state index contributed by atoms with van der Waals surface area (Å²) in [5.41, 5.74) is -0.0838. The highest BCUT2D eigenvalue weighted by Gasteiger charge is 2.17. The molecule has 0 aliphatic rings. The van der Waals surface area contributed by atoms with Crippen LogP contribution in [0.25, 0.3) is 0 Å². The lowest BCUT2D eigenvalue weighted by molar-refractivity contribution is -0.384. The number of carbonyl (C=O) groups excluding carboxylic acids is 1. The van der Waals surface area contributed by atoms with Gasteiger partial charge in [0, 0.05) is 12.7 Å². The second kappa shape index (κ2) is 7.06. The fourth-order valence-electron chi connectivity index (χ4n) is 1.35. The Labute approximate surface area is 115 Å². The molecule has 7 heteroatoms. The average molecular weight is 288 g/mol. The second-order valence-electron chi connectivity index (χ2n) is 3.80. The van der Waals surface area contributed by atoms with Crippen molar-refractivity contribution in [2.45, 2.75) is 20.0 Å². The summed E-state index contributed by atoms with van der Waals surface area (Å²) < 4.78 is 10.2. The van der Waals surface area contributed by atoms with Gasteiger partial charge in [0.1, 0.15) is 11.1 Å². The Kier molecular flexibility index (Phi) is 5.72. The van der Waals surface area contributed by atoms with E-state index in [1.165, 1.54) is 18.2 Å². The van der Waals surface area contributed by atoms with Crippen molar-refractivity contribution >= 4 is 23.3 Å². The number of hydrogen-bond donors (Lipinski definition) is 0. The quantitative estimate of drug-likeness (QED) is 0.457. The van der Waals surface area contributed by atoms with Crippen molar-refractivity contribution in [1.82, 2.24) is 0 Å². The third kappa shape index (κ3) is 4.50. The minimum absolute atomic E-state index is 0.100. The fraction of sp³-hybridized carbons (Fsp3) is 0.417. The predicted octanol–water partition coefficient (Wildman–Crippen LogP) is 2.83. The van der Waals surface area contributed by atoms with Gasteiger partial charge in [-0.1, -0.05) is 11.6 Å². The molecule has 0 aromatic heterocycles. The van der Waals surface area contributed by atoms with Crippen LogP contribution >= 0.6 is 11.6 Å². The van der Waals surface area contributed by atoms with Crippen LogP contribution in [0, 0.1) is 10.1 Å². The molecular formula is C12H14ClNO5. The molecule has 1 rings (SSSR count). The maximum atomic E-state index is 11.7. The fourth-order valence-corrected chi connectivity index (χ4v) is 1.60. The van der Waals surface area contributed by atoms with Gasteiger partial charge in [0.15, 0.2) is 0 Å². The van der Waals surface area contributed by atoms with E-state index in [0.717, 1.165) is 0 Å². The van der Waals surface area contributed by atoms with Crippen molar-refractivity contribution in [3.63, 3.8) is 0 Å². The van der Waals surface area contributed by atoms with E-state index in [1.807, 2.05) is 6.92 Å². The van der Waals surface area contributed by atoms with E-state index in [2.05, 4.69) is 0 Å². The molecule has 0 saturated heterocycles. The molecule has 0 heterocycles. The van der Waals surface area contributed by atoms with Crippen LogP contribution in [0.1, 0.15) is 24.2 Å². The molecule has 1 aromatic carbocycles. The van der Waals surface area contributed by atoms with Gasteiger partial charge in [-0.2, -0.15) is 0 Å². The van der Waals surface area contributed by atoms with Crippen LogP contribution in [0.5, 0.6) is 0 Å². The monoisotopic (exact) mass is 287 g/mol. The van der Waals surface area contributed by atoms with Crippen LogP contribution in [-0.2, 0) is 9.47 Å². The SMILES string of the molecule is CCOCC(C)OC(=O)c1ccc([N+](=O)[O-])c(Cl)c1. The van der Waals surface area contributed by atoms with E-state index in [1.54, 1.807) is 6.92 Å². The highest BCUT2D eigenvalue weighted by atomic mass is 35.5. The summed E-state index contributed by atoms with van der Waals surface area (Å²) in [7, 11) is 0. The topological polar surface area (TPSA) is 78.7 Å². The van der Waals surface area contributed by atoms with E-state index in [0.29, 0.717) is 13.2 Å². The van der Waals surface area contributed by atoms with E-state index in [-0.39, 0.29) is 16.3 Å². The molecule has 19 heavy (non-hydrogen) atoms. The molecule has 0 amide bonds. The van der Waals surface area contributed by atoms with Crippen LogP contribution in [0.4, 0.5) is 5.69 Å². The molecule has 1 atom stereocenters. The lowest BCUT2D eigenvalue weighted by Gasteiger charge is -2.13. The van der Waals surface area contributed by atoms with Gasteiger partial charge in [-0.05, 0) is 26.0 Å². The minimum Gasteiger partial charge on any atom is -0.457 e. The minimum atomic E-state index is -0.616. The van der Waals surface area contributed by atoms with E-state index in [9.17, 15) is 14.9 Å². The molecule has 0 aliphatic heterocycles. The summed E-state index contributed by atoms with van der Waals surface area (Å²) in [6.07, 6.45) is -0.401. The molecule has 0 N–H and O–H groups in total. The Morgan fingerprint density at radius 2 is 2.21 bits per heavy atom. The average Bonchev–Trinajstić information content (AvgIpc) is 2.35. The largest absolute Gasteiger partial charge is 0.457 e. The molecule has 1 unspecified atom stereocenters. The number of carbonyl (C=O) groups is 1. The molecule has 6 nitrogen and oxygen atoms in total. The number of ether oxygens (including phenoxy) is 2. The molecule has 0 saturated carbocycles. The first-order valence-corrected chi connectivity index (χ1v) is 6.06. The summed E-state index contributed by atoms with van der Waals surface area (Å²) in [6, 6.07) is 3.70. The molecule has 1 aromatic rings. The molecule has 0 spiro atoms. The van der Waals surface area contributed by atoms with E-state index >= 15 is 0 Å². The summed E-state index contributed by atoms with van der Waals surface area (Å²) in [5, 5.41) is 10.5. The van der Waals surface area contributed by atoms with Gasteiger partial charge in [-0.25, -0.2) is 4.79 Å². The summed E-state index contributed by atoms with van der Waals surface area (Å²) >= 11 is 5.71. The van der Waals surface area contributed by atoms with Crippen molar-refractivity contribution in [2.24, 2.45) is 0 Å². The number of esters is 1. The van der Waals surface area contributed by atoms with Crippen LogP contribution in [0.2, 0.25) is 5.02 Å². The first kappa shape index (κ1) is 15.4. The Morgan fingerprint density at radius 1 is 1.53 bits per heavy atom. The molecule has 104 valence electrons. The van der Waals surface area contributed by atoms with Crippen molar-refractivity contribution in [3.05, 3.63) is 38.9 Å². The standard InChI is InChI=1S/C12H14ClNO5/c1-3-18-7-8(2)19-12(15)9-4-5-11(14(16)17)10(13)6-9/h4-6,8H,3,7H2,1-2H3. The van der Waals surface area contributed by atoms with Crippen molar-refractivity contribution in [1.29, 1.82) is 0 Å². The first-order chi connectivity index (χ1) is 8.95. The highest BCUT2D eigenvalue weighted by molar-refractivity contribution is 6.33. The number of halogens is 1. The molecule has 0 radical (unpaired) electrons. The Balaban J connectivity index is 2.72. The lowest BCUT2D eigenvalue weighted by atomic mass is 10.2. The number of benzene rings is 1. The summed E-state index contributed by atoms with van der Waals surface area (Å²) in [4.78, 5) is 21.7. The number of nitro groups is 1. The molecular weight excluding hydrogens is 274 g/mol. The summed E-state index contributed by atoms with van der Waals surface area (Å²) in [6.45, 7) is 4.36. The lowest BCUT2D eigenvalue weighted by Crippen LogP contribution is -2.20. The van der Waals surface area contributed by atoms with Crippen LogP contribution in [0.3, 0.4) is 0 Å². The molecule has 0 fully saturated rings. The Hall–Kier alpha value is -1.66. The number of nitrogens with zero attached hydrogens (tertiary/aromatic N) is 1. The highest BCUT2D eigenvalue weighted by Crippen LogP contribution is 2.25. The second-order valence-corrected chi connectivity index (χ2v) is 4.21. The maximum absolute atomic E-state index is 11.7. The zero-order chi connectivity index (χ0) is 14.4. The van der Waals surface area contributed by atoms with Crippen LogP contribution in [0.15, 0.2) is 18.2 Å². The zero-order valence-electron chi connectivity index (χ0n) is 10.6. The van der Waals surface area contributed by atoms with Crippen LogP contribution in [-0.4, -0.2) is 30.2 Å². The van der Waals surface area contributed by atoms with Gasteiger partial charge in [0.25, 0.3) is 5.69 Å². The van der Waals surface area contributed by atoms with Gasteiger partial charge in [0.05, 0.1) is 17.1 Å². The Morgan fingerprint density at radius 3 is 2.74 bits per heavy atom. The van der Waals surface area contributed by atoms with Gasteiger partial charge < -0.3 is 9.47 Å². The number of rotatable bonds is 6. The van der Waals surface area contributed by atoms with Crippen molar-refractivity contribution < 1.29 is 19.2 Å². The van der Waals surface area contributed by atoms with E-state index in [4.69, 9.17) is 21.1 Å².